The molecule has 3 N–H and O–H groups in total. The highest BCUT2D eigenvalue weighted by molar-refractivity contribution is 7.98. The predicted octanol–water partition coefficient (Wildman–Crippen LogP) is -1.42. The number of rotatable bonds is 3. The van der Waals surface area contributed by atoms with E-state index in [1.54, 1.807) is 12.3 Å². The van der Waals surface area contributed by atoms with Gasteiger partial charge in [-0.2, -0.15) is 4.98 Å². The summed E-state index contributed by atoms with van der Waals surface area (Å²) in [6.07, 6.45) is -1.21. The molecule has 1 aliphatic heterocycles. The van der Waals surface area contributed by atoms with Crippen molar-refractivity contribution in [3.05, 3.63) is 22.7 Å². The Morgan fingerprint density at radius 3 is 2.72 bits per heavy atom. The van der Waals surface area contributed by atoms with Gasteiger partial charge >= 0.3 is 5.69 Å². The second-order valence-electron chi connectivity index (χ2n) is 3.89. The second-order valence-corrected chi connectivity index (χ2v) is 4.72. The van der Waals surface area contributed by atoms with Crippen molar-refractivity contribution in [3.63, 3.8) is 0 Å². The third kappa shape index (κ3) is 2.29. The van der Waals surface area contributed by atoms with Gasteiger partial charge < -0.3 is 20.1 Å². The number of aliphatic hydroxyl groups is 3. The molecule has 0 aromatic carbocycles. The number of aliphatic hydroxyl groups excluding tert-OH is 3. The third-order valence-electron chi connectivity index (χ3n) is 2.80. The van der Waals surface area contributed by atoms with Gasteiger partial charge in [0, 0.05) is 6.20 Å². The number of hydrogen-bond acceptors (Lipinski definition) is 7. The average Bonchev–Trinajstić information content (AvgIpc) is 2.66. The van der Waals surface area contributed by atoms with Crippen LogP contribution in [0.1, 0.15) is 6.23 Å². The van der Waals surface area contributed by atoms with Crippen LogP contribution in [0.5, 0.6) is 0 Å². The van der Waals surface area contributed by atoms with Crippen molar-refractivity contribution in [2.24, 2.45) is 0 Å². The Labute approximate surface area is 107 Å². The van der Waals surface area contributed by atoms with E-state index >= 15 is 0 Å². The normalized spacial score (nSPS) is 31.8. The molecule has 1 aromatic rings. The Bertz CT molecular complexity index is 480. The van der Waals surface area contributed by atoms with Gasteiger partial charge in [-0.05, 0) is 12.3 Å². The minimum Gasteiger partial charge on any atom is -0.394 e. The summed E-state index contributed by atoms with van der Waals surface area (Å²) in [5, 5.41) is 28.9. The highest BCUT2D eigenvalue weighted by Crippen LogP contribution is 2.28. The second kappa shape index (κ2) is 5.37. The van der Waals surface area contributed by atoms with Crippen LogP contribution in [0.4, 0.5) is 0 Å². The first-order chi connectivity index (χ1) is 8.58. The molecule has 1 unspecified atom stereocenters. The molecular weight excluding hydrogens is 260 g/mol. The van der Waals surface area contributed by atoms with E-state index in [1.165, 1.54) is 18.0 Å². The van der Waals surface area contributed by atoms with Crippen molar-refractivity contribution < 1.29 is 20.1 Å². The average molecular weight is 274 g/mol. The highest BCUT2D eigenvalue weighted by Gasteiger charge is 2.43. The van der Waals surface area contributed by atoms with E-state index < -0.39 is 36.8 Å². The van der Waals surface area contributed by atoms with Gasteiger partial charge in [0.25, 0.3) is 0 Å². The molecule has 1 aliphatic rings. The number of hydrogen-bond donors (Lipinski definition) is 3. The Balaban J connectivity index is 2.30. The maximum absolute atomic E-state index is 11.7. The van der Waals surface area contributed by atoms with Crippen LogP contribution in [0.15, 0.2) is 22.1 Å². The molecule has 100 valence electrons. The molecule has 2 rings (SSSR count). The Hall–Kier alpha value is -0.930. The molecule has 2 heterocycles. The van der Waals surface area contributed by atoms with Crippen molar-refractivity contribution >= 4 is 11.8 Å². The van der Waals surface area contributed by atoms with Crippen molar-refractivity contribution in [2.75, 3.05) is 12.9 Å². The maximum atomic E-state index is 11.7. The highest BCUT2D eigenvalue weighted by atomic mass is 32.2. The first-order valence-electron chi connectivity index (χ1n) is 5.34. The van der Waals surface area contributed by atoms with Crippen LogP contribution in [0.3, 0.4) is 0 Å². The van der Waals surface area contributed by atoms with Gasteiger partial charge in [-0.3, -0.25) is 4.57 Å². The molecule has 0 spiro atoms. The van der Waals surface area contributed by atoms with Crippen LogP contribution >= 0.6 is 11.8 Å². The number of aromatic nitrogens is 2. The molecule has 8 heteroatoms. The van der Waals surface area contributed by atoms with Crippen LogP contribution in [-0.4, -0.2) is 56.0 Å². The summed E-state index contributed by atoms with van der Waals surface area (Å²) in [6.45, 7) is -0.431. The summed E-state index contributed by atoms with van der Waals surface area (Å²) in [6, 6.07) is 1.61. The minimum atomic E-state index is -1.28. The smallest absolute Gasteiger partial charge is 0.350 e. The van der Waals surface area contributed by atoms with E-state index in [-0.39, 0.29) is 0 Å². The van der Waals surface area contributed by atoms with E-state index in [2.05, 4.69) is 4.98 Å². The van der Waals surface area contributed by atoms with Crippen LogP contribution in [0, 0.1) is 0 Å². The maximum Gasteiger partial charge on any atom is 0.350 e. The zero-order valence-electron chi connectivity index (χ0n) is 9.63. The topological polar surface area (TPSA) is 105 Å². The standard InChI is InChI=1S/C10H14N2O5S/c1-18-6-2-3-12(10(16)11-6)9-8(15)7(14)5(4-13)17-9/h2-3,5,7-9,13-15H,4H2,1H3/t5-,7-,8-,9?/m1/s1. The zero-order valence-corrected chi connectivity index (χ0v) is 10.4. The van der Waals surface area contributed by atoms with Gasteiger partial charge in [0.2, 0.25) is 0 Å². The van der Waals surface area contributed by atoms with E-state index in [9.17, 15) is 15.0 Å². The van der Waals surface area contributed by atoms with Crippen LogP contribution in [0.2, 0.25) is 0 Å². The quantitative estimate of drug-likeness (QED) is 0.459. The number of thioether (sulfide) groups is 1. The van der Waals surface area contributed by atoms with Gasteiger partial charge in [0.05, 0.1) is 6.61 Å². The summed E-state index contributed by atoms with van der Waals surface area (Å²) in [4.78, 5) is 15.5. The van der Waals surface area contributed by atoms with Crippen LogP contribution in [0.25, 0.3) is 0 Å². The molecule has 7 nitrogen and oxygen atoms in total. The molecule has 1 saturated heterocycles. The fraction of sp³-hybridized carbons (Fsp3) is 0.600. The van der Waals surface area contributed by atoms with Crippen molar-refractivity contribution in [1.82, 2.24) is 9.55 Å². The van der Waals surface area contributed by atoms with Crippen molar-refractivity contribution in [2.45, 2.75) is 29.6 Å². The van der Waals surface area contributed by atoms with Gasteiger partial charge in [0.15, 0.2) is 6.23 Å². The summed E-state index contributed by atoms with van der Waals surface area (Å²) < 4.78 is 6.34. The number of nitrogens with zero attached hydrogens (tertiary/aromatic N) is 2. The monoisotopic (exact) mass is 274 g/mol. The Kier molecular flexibility index (Phi) is 4.03. The molecule has 0 aliphatic carbocycles. The molecule has 4 atom stereocenters. The lowest BCUT2D eigenvalue weighted by Crippen LogP contribution is -2.36. The van der Waals surface area contributed by atoms with Crippen molar-refractivity contribution in [3.8, 4) is 0 Å². The molecular formula is C10H14N2O5S. The number of ether oxygens (including phenoxy) is 1. The molecule has 0 amide bonds. The fourth-order valence-electron chi connectivity index (χ4n) is 1.81. The van der Waals surface area contributed by atoms with E-state index in [0.29, 0.717) is 5.03 Å². The van der Waals surface area contributed by atoms with Gasteiger partial charge in [0.1, 0.15) is 23.3 Å². The Morgan fingerprint density at radius 2 is 2.22 bits per heavy atom. The van der Waals surface area contributed by atoms with Crippen molar-refractivity contribution in [1.29, 1.82) is 0 Å². The molecule has 0 saturated carbocycles. The summed E-state index contributed by atoms with van der Waals surface area (Å²) in [5.74, 6) is 0. The predicted molar refractivity (Wildman–Crippen MR) is 63.3 cm³/mol. The zero-order chi connectivity index (χ0) is 13.3. The van der Waals surface area contributed by atoms with E-state index in [4.69, 9.17) is 9.84 Å². The lowest BCUT2D eigenvalue weighted by molar-refractivity contribution is -0.0551. The Morgan fingerprint density at radius 1 is 1.50 bits per heavy atom. The van der Waals surface area contributed by atoms with Gasteiger partial charge in [-0.15, -0.1) is 11.8 Å². The van der Waals surface area contributed by atoms with Crippen LogP contribution in [-0.2, 0) is 4.74 Å². The first-order valence-corrected chi connectivity index (χ1v) is 6.56. The fourth-order valence-corrected chi connectivity index (χ4v) is 2.18. The summed E-state index contributed by atoms with van der Waals surface area (Å²) >= 11 is 1.32. The molecule has 1 aromatic heterocycles. The molecule has 18 heavy (non-hydrogen) atoms. The van der Waals surface area contributed by atoms with Crippen LogP contribution < -0.4 is 5.69 Å². The largest absolute Gasteiger partial charge is 0.394 e. The van der Waals surface area contributed by atoms with Gasteiger partial charge in [-0.25, -0.2) is 4.79 Å². The van der Waals surface area contributed by atoms with E-state index in [0.717, 1.165) is 4.57 Å². The first kappa shape index (κ1) is 13.5. The third-order valence-corrected chi connectivity index (χ3v) is 3.45. The molecule has 1 fully saturated rings. The minimum absolute atomic E-state index is 0.431. The van der Waals surface area contributed by atoms with Gasteiger partial charge in [-0.1, -0.05) is 0 Å². The SMILES string of the molecule is CSc1ccn(C2O[C@H](CO)[C@@H](O)[C@H]2O)c(=O)n1. The summed E-state index contributed by atoms with van der Waals surface area (Å²) in [5.41, 5.74) is -0.573. The lowest BCUT2D eigenvalue weighted by atomic mass is 10.1. The molecule has 0 bridgehead atoms. The lowest BCUT2D eigenvalue weighted by Gasteiger charge is -2.16. The summed E-state index contributed by atoms with van der Waals surface area (Å²) in [7, 11) is 0. The molecule has 0 radical (unpaired) electrons. The van der Waals surface area contributed by atoms with E-state index in [1.807, 2.05) is 0 Å².